The molecule has 90 valence electrons. The Morgan fingerprint density at radius 2 is 2.17 bits per heavy atom. The fourth-order valence-electron chi connectivity index (χ4n) is 1.85. The van der Waals surface area contributed by atoms with Gasteiger partial charge in [0.2, 0.25) is 5.88 Å². The van der Waals surface area contributed by atoms with Gasteiger partial charge in [-0.3, -0.25) is 9.56 Å². The van der Waals surface area contributed by atoms with E-state index in [-0.39, 0.29) is 10.7 Å². The lowest BCUT2D eigenvalue weighted by Gasteiger charge is -1.97. The Morgan fingerprint density at radius 1 is 1.39 bits per heavy atom. The summed E-state index contributed by atoms with van der Waals surface area (Å²) in [5.74, 6) is 0.367. The maximum Gasteiger partial charge on any atom is 0.271 e. The molecule has 4 nitrogen and oxygen atoms in total. The summed E-state index contributed by atoms with van der Waals surface area (Å²) in [6.45, 7) is 0. The summed E-state index contributed by atoms with van der Waals surface area (Å²) in [5.41, 5.74) is 2.82. The van der Waals surface area contributed by atoms with Crippen molar-refractivity contribution in [3.05, 3.63) is 40.4 Å². The van der Waals surface area contributed by atoms with Crippen LogP contribution >= 0.6 is 12.2 Å². The molecule has 2 aromatic rings. The van der Waals surface area contributed by atoms with Crippen LogP contribution in [-0.2, 0) is 7.05 Å². The second-order valence-corrected chi connectivity index (χ2v) is 4.34. The van der Waals surface area contributed by atoms with Gasteiger partial charge in [0.15, 0.2) is 5.76 Å². The number of oxazole rings is 1. The van der Waals surface area contributed by atoms with Gasteiger partial charge in [0.25, 0.3) is 4.84 Å². The quantitative estimate of drug-likeness (QED) is 0.798. The molecule has 0 bridgehead atoms. The molecule has 18 heavy (non-hydrogen) atoms. The van der Waals surface area contributed by atoms with E-state index in [0.29, 0.717) is 5.76 Å². The number of hydrogen-bond donors (Lipinski definition) is 1. The van der Waals surface area contributed by atoms with Crippen molar-refractivity contribution in [3.8, 4) is 5.88 Å². The van der Waals surface area contributed by atoms with Crippen LogP contribution in [0, 0.1) is 4.84 Å². The van der Waals surface area contributed by atoms with Crippen molar-refractivity contribution < 1.29 is 9.52 Å². The number of aromatic nitrogens is 1. The Labute approximate surface area is 109 Å². The van der Waals surface area contributed by atoms with Gasteiger partial charge in [-0.25, -0.2) is 0 Å². The predicted octanol–water partition coefficient (Wildman–Crippen LogP) is 3.31. The van der Waals surface area contributed by atoms with Gasteiger partial charge in [-0.05, 0) is 24.4 Å². The highest BCUT2D eigenvalue weighted by molar-refractivity contribution is 7.71. The van der Waals surface area contributed by atoms with Crippen molar-refractivity contribution in [2.75, 3.05) is 0 Å². The molecule has 0 saturated carbocycles. The van der Waals surface area contributed by atoms with Gasteiger partial charge in [-0.1, -0.05) is 18.2 Å². The zero-order chi connectivity index (χ0) is 12.7. The Morgan fingerprint density at radius 3 is 2.89 bits per heavy atom. The van der Waals surface area contributed by atoms with Crippen LogP contribution in [0.5, 0.6) is 5.88 Å². The molecule has 0 radical (unpaired) electrons. The van der Waals surface area contributed by atoms with Crippen molar-refractivity contribution in [3.63, 3.8) is 0 Å². The van der Waals surface area contributed by atoms with E-state index in [2.05, 4.69) is 4.99 Å². The van der Waals surface area contributed by atoms with Crippen molar-refractivity contribution in [1.82, 2.24) is 4.57 Å². The molecule has 1 aliphatic heterocycles. The van der Waals surface area contributed by atoms with Gasteiger partial charge < -0.3 is 9.52 Å². The maximum absolute atomic E-state index is 9.84. The summed E-state index contributed by atoms with van der Waals surface area (Å²) in [5, 5.41) is 9.84. The molecule has 0 atom stereocenters. The third-order valence-corrected chi connectivity index (χ3v) is 3.21. The first-order valence-corrected chi connectivity index (χ1v) is 5.81. The van der Waals surface area contributed by atoms with Crippen LogP contribution in [0.3, 0.4) is 0 Å². The minimum atomic E-state index is 0.0188. The number of para-hydroxylation sites is 1. The summed E-state index contributed by atoms with van der Waals surface area (Å²) in [4.78, 5) is 4.52. The monoisotopic (exact) mass is 258 g/mol. The second kappa shape index (κ2) is 3.96. The van der Waals surface area contributed by atoms with Gasteiger partial charge in [0, 0.05) is 24.4 Å². The average Bonchev–Trinajstić information content (AvgIpc) is 2.89. The minimum Gasteiger partial charge on any atom is -0.492 e. The molecule has 0 fully saturated rings. The number of allylic oxidation sites excluding steroid dienone is 1. The maximum atomic E-state index is 9.84. The van der Waals surface area contributed by atoms with Gasteiger partial charge in [-0.15, -0.1) is 0 Å². The Bertz CT molecular complexity index is 738. The number of nitrogens with zero attached hydrogens (tertiary/aromatic N) is 2. The van der Waals surface area contributed by atoms with E-state index in [1.807, 2.05) is 24.3 Å². The fraction of sp³-hybridized carbons (Fsp3) is 0.0769. The molecule has 0 amide bonds. The molecule has 1 aromatic heterocycles. The zero-order valence-electron chi connectivity index (χ0n) is 9.62. The van der Waals surface area contributed by atoms with Crippen LogP contribution in [0.1, 0.15) is 11.3 Å². The van der Waals surface area contributed by atoms with Gasteiger partial charge in [0.1, 0.15) is 0 Å². The number of aromatic hydroxyl groups is 1. The van der Waals surface area contributed by atoms with E-state index in [4.69, 9.17) is 16.6 Å². The third-order valence-electron chi connectivity index (χ3n) is 2.85. The molecule has 2 heterocycles. The van der Waals surface area contributed by atoms with Crippen LogP contribution in [0.15, 0.2) is 33.7 Å². The number of fused-ring (bicyclic) bond motifs is 1. The Balaban J connectivity index is 2.12. The van der Waals surface area contributed by atoms with E-state index in [1.54, 1.807) is 19.3 Å². The van der Waals surface area contributed by atoms with Crippen LogP contribution in [-0.4, -0.2) is 15.9 Å². The summed E-state index contributed by atoms with van der Waals surface area (Å²) in [6, 6.07) is 7.79. The summed E-state index contributed by atoms with van der Waals surface area (Å²) < 4.78 is 6.73. The van der Waals surface area contributed by atoms with Crippen LogP contribution in [0.4, 0.5) is 5.69 Å². The third kappa shape index (κ3) is 1.60. The van der Waals surface area contributed by atoms with E-state index in [0.717, 1.165) is 16.8 Å². The first-order valence-electron chi connectivity index (χ1n) is 5.41. The van der Waals surface area contributed by atoms with E-state index < -0.39 is 0 Å². The molecule has 0 saturated heterocycles. The fourth-order valence-corrected chi connectivity index (χ4v) is 2.03. The number of aliphatic imine (C=N–C) groups is 1. The molecule has 5 heteroatoms. The van der Waals surface area contributed by atoms with E-state index in [1.165, 1.54) is 4.57 Å². The minimum absolute atomic E-state index is 0.0188. The average molecular weight is 258 g/mol. The van der Waals surface area contributed by atoms with Crippen molar-refractivity contribution in [2.24, 2.45) is 12.0 Å². The predicted molar refractivity (Wildman–Crippen MR) is 72.6 cm³/mol. The number of benzene rings is 1. The van der Waals surface area contributed by atoms with Crippen molar-refractivity contribution in [2.45, 2.75) is 0 Å². The van der Waals surface area contributed by atoms with Gasteiger partial charge >= 0.3 is 0 Å². The summed E-state index contributed by atoms with van der Waals surface area (Å²) >= 11 is 4.95. The first-order chi connectivity index (χ1) is 8.66. The molecule has 1 N–H and O–H groups in total. The lowest BCUT2D eigenvalue weighted by Crippen LogP contribution is -1.85. The van der Waals surface area contributed by atoms with Crippen LogP contribution in [0.2, 0.25) is 0 Å². The van der Waals surface area contributed by atoms with Gasteiger partial charge in [0.05, 0.1) is 5.69 Å². The van der Waals surface area contributed by atoms with Crippen molar-refractivity contribution in [1.29, 1.82) is 0 Å². The molecular weight excluding hydrogens is 248 g/mol. The summed E-state index contributed by atoms with van der Waals surface area (Å²) in [7, 11) is 1.65. The molecule has 0 unspecified atom stereocenters. The van der Waals surface area contributed by atoms with E-state index >= 15 is 0 Å². The molecular formula is C13H10N2O2S. The highest BCUT2D eigenvalue weighted by Gasteiger charge is 2.14. The van der Waals surface area contributed by atoms with Crippen LogP contribution < -0.4 is 0 Å². The lowest BCUT2D eigenvalue weighted by atomic mass is 10.1. The highest BCUT2D eigenvalue weighted by Crippen LogP contribution is 2.33. The lowest BCUT2D eigenvalue weighted by molar-refractivity contribution is 0.428. The molecule has 1 aliphatic rings. The number of hydrogen-bond acceptors (Lipinski definition) is 4. The standard InChI is InChI=1S/C13H10N2O2S/c1-15-12(16)11(17-13(15)18)6-8-7-14-10-5-3-2-4-9(8)10/h2-7,16H,1H3/b8-6+. The second-order valence-electron chi connectivity index (χ2n) is 3.99. The summed E-state index contributed by atoms with van der Waals surface area (Å²) in [6.07, 6.45) is 3.48. The molecule has 0 spiro atoms. The highest BCUT2D eigenvalue weighted by atomic mass is 32.1. The Kier molecular flexibility index (Phi) is 2.41. The number of rotatable bonds is 1. The van der Waals surface area contributed by atoms with E-state index in [9.17, 15) is 5.11 Å². The largest absolute Gasteiger partial charge is 0.492 e. The zero-order valence-corrected chi connectivity index (χ0v) is 10.4. The first kappa shape index (κ1) is 11.0. The van der Waals surface area contributed by atoms with Gasteiger partial charge in [-0.2, -0.15) is 0 Å². The molecule has 0 aliphatic carbocycles. The Hall–Kier alpha value is -2.14. The smallest absolute Gasteiger partial charge is 0.271 e. The SMILES string of the molecule is Cn1c(O)c(/C=C2\C=Nc3ccccc32)oc1=S. The molecule has 1 aromatic carbocycles. The molecule has 3 rings (SSSR count). The van der Waals surface area contributed by atoms with Crippen LogP contribution in [0.25, 0.3) is 11.6 Å². The normalized spacial score (nSPS) is 15.3. The topological polar surface area (TPSA) is 50.7 Å². The van der Waals surface area contributed by atoms with Crippen molar-refractivity contribution >= 4 is 35.8 Å².